The number of imide groups is 1. The lowest BCUT2D eigenvalue weighted by Crippen LogP contribution is -2.52. The Morgan fingerprint density at radius 1 is 0.802 bits per heavy atom. The number of thioether (sulfide) groups is 1. The molecule has 5 aromatic carbocycles. The van der Waals surface area contributed by atoms with Crippen molar-refractivity contribution in [1.82, 2.24) is 40.7 Å². The molecule has 36 nitrogen and oxygen atoms in total. The van der Waals surface area contributed by atoms with Gasteiger partial charge in [0, 0.05) is 112 Å². The second kappa shape index (κ2) is 38.6. The molecule has 6 aromatic rings. The molecular formula is C79H92N10O26S. The Bertz CT molecular complexity index is 4730. The quantitative estimate of drug-likeness (QED) is 0.00925. The minimum Gasteiger partial charge on any atom is -0.507 e. The number of hydrogen-bond donors (Lipinski definition) is 7. The molecule has 37 heteroatoms. The van der Waals surface area contributed by atoms with E-state index < -0.39 is 118 Å². The number of anilines is 1. The van der Waals surface area contributed by atoms with E-state index in [0.29, 0.717) is 69.9 Å². The third-order valence-electron chi connectivity index (χ3n) is 20.5. The summed E-state index contributed by atoms with van der Waals surface area (Å²) in [7, 11) is 4.20. The average Bonchev–Trinajstić information content (AvgIpc) is 0.862. The molecule has 3 saturated heterocycles. The third-order valence-corrected chi connectivity index (χ3v) is 21.7. The fourth-order valence-electron chi connectivity index (χ4n) is 14.8. The number of ketones is 3. The number of carbonyl (C=O) groups is 10. The molecule has 8 unspecified atom stereocenters. The summed E-state index contributed by atoms with van der Waals surface area (Å²) in [5.41, 5.74) is 0.148. The normalized spacial score (nSPS) is 19.9. The van der Waals surface area contributed by atoms with Crippen molar-refractivity contribution < 1.29 is 121 Å². The van der Waals surface area contributed by atoms with Gasteiger partial charge < -0.3 is 88.6 Å². The summed E-state index contributed by atoms with van der Waals surface area (Å²) in [6, 6.07) is 21.4. The van der Waals surface area contributed by atoms with E-state index in [0.717, 1.165) is 27.3 Å². The number of phenols is 2. The van der Waals surface area contributed by atoms with Gasteiger partial charge in [-0.2, -0.15) is 0 Å². The van der Waals surface area contributed by atoms with Crippen LogP contribution in [0.1, 0.15) is 133 Å². The Morgan fingerprint density at radius 3 is 2.21 bits per heavy atom. The number of para-hydroxylation sites is 1. The van der Waals surface area contributed by atoms with Gasteiger partial charge in [-0.25, -0.2) is 9.48 Å². The Labute approximate surface area is 669 Å². The van der Waals surface area contributed by atoms with Crippen molar-refractivity contribution in [3.05, 3.63) is 133 Å². The molecule has 7 N–H and O–H groups in total. The molecule has 7 amide bonds. The smallest absolute Gasteiger partial charge is 0.412 e. The van der Waals surface area contributed by atoms with Crippen LogP contribution >= 0.6 is 11.8 Å². The summed E-state index contributed by atoms with van der Waals surface area (Å²) in [6.45, 7) is 8.74. The lowest BCUT2D eigenvalue weighted by molar-refractivity contribution is -0.386. The predicted molar refractivity (Wildman–Crippen MR) is 411 cm³/mol. The number of phenolic OH excluding ortho intramolecular Hbond substituents is 2. The zero-order valence-corrected chi connectivity index (χ0v) is 65.7. The molecule has 4 aliphatic heterocycles. The number of nitrogens with one attached hydrogen (secondary N) is 3. The number of nitro benzene ring substituents is 1. The van der Waals surface area contributed by atoms with Crippen LogP contribution in [0.15, 0.2) is 78.9 Å². The van der Waals surface area contributed by atoms with Crippen LogP contribution in [0, 0.1) is 10.1 Å². The Hall–Kier alpha value is -11.0. The second-order valence-electron chi connectivity index (χ2n) is 27.8. The fraction of sp³-hybridized carbons (Fsp3) is 0.468. The van der Waals surface area contributed by atoms with E-state index in [1.165, 1.54) is 75.1 Å². The van der Waals surface area contributed by atoms with Crippen molar-refractivity contribution in [2.45, 2.75) is 133 Å². The number of Topliss-reactive ketones (excluding diaryl/α,β-unsaturated/α-hetero) is 1. The number of aromatic nitrogens is 3. The minimum atomic E-state index is -2.37. The van der Waals surface area contributed by atoms with E-state index >= 15 is 0 Å². The number of methoxy groups -OCH3 is 2. The van der Waals surface area contributed by atoms with Gasteiger partial charge in [0.05, 0.1) is 142 Å². The Balaban J connectivity index is 0.000000228. The standard InChI is InChI=1S/C40H42N2O17.C39H50N8O9S/c1-6-55-26-11-22(42(51)52)20(10-25(26)54-5)17(2)58-39(49)41-16-56-38-18(3)57-29(12-23(38)41)59-27-14-40(50,28(44)15-43)13-21-31(27)37(48)33-32(35(21)46)34(45)19-8-7-9-24(53-4)30(19)36(33)47;1-27(48)41-15-18-54-20-22-56-23-21-55-19-17-47-38-29-8-4-3-7-28(29)26-46(31-10-6-5-9-30(31)37(38)43-44-47)35(51)11-14-42-34(50)12-16-45-36(52)25-32(39(45)53)57-24-13-33(49)40-2/h7-11,17-18,23,27,29,38,43,46,48,50H,6,12-16H2,1-5H3;3-10,32H,11-26H2,1-2H3,(H,40,49)(H,41,48)(H,42,50). The molecule has 0 bridgehead atoms. The van der Waals surface area contributed by atoms with E-state index in [1.54, 1.807) is 25.8 Å². The summed E-state index contributed by atoms with van der Waals surface area (Å²) in [6.07, 6.45) is -7.37. The van der Waals surface area contributed by atoms with Crippen LogP contribution in [-0.2, 0) is 86.2 Å². The molecule has 12 rings (SSSR count). The summed E-state index contributed by atoms with van der Waals surface area (Å²) >= 11 is 1.27. The van der Waals surface area contributed by atoms with Crippen molar-refractivity contribution in [2.24, 2.45) is 0 Å². The lowest BCUT2D eigenvalue weighted by atomic mass is 9.72. The van der Waals surface area contributed by atoms with Gasteiger partial charge in [0.15, 0.2) is 29.4 Å². The van der Waals surface area contributed by atoms with E-state index in [1.807, 2.05) is 53.2 Å². The number of nitrogens with zero attached hydrogens (tertiary/aromatic N) is 7. The SMILES string of the molecule is CCOc1cc([N+](=O)[O-])c(C(C)OC(=O)N2COC3C(C)OC(OC4CC(O)(C(=O)CO)Cc5c(O)c6c(c(O)c54)C(=O)c4c(OC)cccc4C6=O)CC32)cc1OC.CNC(=O)CCSC1CC(=O)N(CCC(=O)NCCC(=O)N2Cc3ccccc3-c3c(nnn3CCOCCOCCOCCNC(C)=O)-c3ccccc32)C1=O. The number of likely N-dealkylation sites (tertiary alicyclic amines) is 1. The summed E-state index contributed by atoms with van der Waals surface area (Å²) < 4.78 is 58.9. The molecule has 8 atom stereocenters. The van der Waals surface area contributed by atoms with Crippen LogP contribution in [0.5, 0.6) is 28.7 Å². The fourth-order valence-corrected chi connectivity index (χ4v) is 15.9. The minimum absolute atomic E-state index is 0.0140. The topological polar surface area (TPSA) is 464 Å². The Kier molecular flexibility index (Phi) is 28.6. The van der Waals surface area contributed by atoms with Crippen LogP contribution < -0.4 is 35.1 Å². The van der Waals surface area contributed by atoms with Gasteiger partial charge in [0.25, 0.3) is 5.69 Å². The molecule has 116 heavy (non-hydrogen) atoms. The zero-order chi connectivity index (χ0) is 83.2. The first-order valence-corrected chi connectivity index (χ1v) is 38.8. The van der Waals surface area contributed by atoms with Gasteiger partial charge in [0.2, 0.25) is 41.2 Å². The van der Waals surface area contributed by atoms with Gasteiger partial charge in [-0.15, -0.1) is 16.9 Å². The highest BCUT2D eigenvalue weighted by Gasteiger charge is 2.53. The number of nitro groups is 1. The van der Waals surface area contributed by atoms with Crippen molar-refractivity contribution in [1.29, 1.82) is 0 Å². The Morgan fingerprint density at radius 2 is 1.50 bits per heavy atom. The van der Waals surface area contributed by atoms with Crippen molar-refractivity contribution in [3.63, 3.8) is 0 Å². The number of aliphatic hydroxyl groups excluding tert-OH is 1. The number of benzene rings is 5. The van der Waals surface area contributed by atoms with Gasteiger partial charge in [-0.3, -0.25) is 63.1 Å². The molecule has 6 aliphatic rings. The molecular weight excluding hydrogens is 1540 g/mol. The van der Waals surface area contributed by atoms with Gasteiger partial charge in [-0.1, -0.05) is 59.8 Å². The summed E-state index contributed by atoms with van der Waals surface area (Å²) in [5, 5.41) is 73.5. The van der Waals surface area contributed by atoms with E-state index in [2.05, 4.69) is 26.3 Å². The lowest BCUT2D eigenvalue weighted by Gasteiger charge is -2.42. The molecule has 2 aliphatic carbocycles. The van der Waals surface area contributed by atoms with Crippen molar-refractivity contribution in [3.8, 4) is 51.3 Å². The highest BCUT2D eigenvalue weighted by Crippen LogP contribution is 2.53. The first kappa shape index (κ1) is 85.8. The van der Waals surface area contributed by atoms with E-state index in [9.17, 15) is 78.5 Å². The van der Waals surface area contributed by atoms with E-state index in [-0.39, 0.29) is 151 Å². The number of carbonyl (C=O) groups excluding carboxylic acids is 10. The highest BCUT2D eigenvalue weighted by atomic mass is 32.2. The number of ether oxygens (including phenoxy) is 10. The number of fused-ring (bicyclic) bond motifs is 9. The largest absolute Gasteiger partial charge is 0.507 e. The zero-order valence-electron chi connectivity index (χ0n) is 64.9. The number of amides is 7. The number of aliphatic hydroxyl groups is 2. The monoisotopic (exact) mass is 1630 g/mol. The maximum atomic E-state index is 14.0. The average molecular weight is 1630 g/mol. The molecule has 0 spiro atoms. The number of rotatable bonds is 33. The molecule has 0 radical (unpaired) electrons. The molecule has 0 saturated carbocycles. The second-order valence-corrected chi connectivity index (χ2v) is 29.1. The summed E-state index contributed by atoms with van der Waals surface area (Å²) in [5.74, 6) is -4.93. The number of hydrogen-bond acceptors (Lipinski definition) is 29. The van der Waals surface area contributed by atoms with Gasteiger partial charge >= 0.3 is 6.09 Å². The predicted octanol–water partition coefficient (Wildman–Crippen LogP) is 5.09. The first-order valence-electron chi connectivity index (χ1n) is 37.7. The van der Waals surface area contributed by atoms with Crippen molar-refractivity contribution >= 4 is 82.0 Å². The van der Waals surface area contributed by atoms with Crippen molar-refractivity contribution in [2.75, 3.05) is 111 Å². The third kappa shape index (κ3) is 18.9. The molecule has 1 aromatic heterocycles. The molecule has 5 heterocycles. The van der Waals surface area contributed by atoms with Gasteiger partial charge in [0.1, 0.15) is 54.1 Å². The maximum Gasteiger partial charge on any atom is 0.412 e. The van der Waals surface area contributed by atoms with Crippen LogP contribution in [0.4, 0.5) is 16.2 Å². The number of aromatic hydroxyl groups is 2. The van der Waals surface area contributed by atoms with Crippen LogP contribution in [0.25, 0.3) is 22.5 Å². The van der Waals surface area contributed by atoms with Crippen LogP contribution in [0.2, 0.25) is 0 Å². The molecule has 620 valence electrons. The van der Waals surface area contributed by atoms with Crippen LogP contribution in [-0.4, -0.2) is 251 Å². The molecule has 3 fully saturated rings. The summed E-state index contributed by atoms with van der Waals surface area (Å²) in [4.78, 5) is 144. The first-order chi connectivity index (χ1) is 55.8. The maximum absolute atomic E-state index is 14.0. The van der Waals surface area contributed by atoms with E-state index in [4.69, 9.17) is 47.4 Å². The van der Waals surface area contributed by atoms with Gasteiger partial charge in [-0.05, 0) is 44.5 Å². The highest BCUT2D eigenvalue weighted by molar-refractivity contribution is 8.00. The van der Waals surface area contributed by atoms with Crippen LogP contribution in [0.3, 0.4) is 0 Å².